The van der Waals surface area contributed by atoms with Crippen molar-refractivity contribution in [2.75, 3.05) is 13.6 Å². The molecule has 2 heterocycles. The van der Waals surface area contributed by atoms with E-state index in [1.165, 1.54) is 11.1 Å². The molecule has 2 N–H and O–H groups in total. The number of aryl methyl sites for hydroxylation is 2. The number of rotatable bonds is 6. The van der Waals surface area contributed by atoms with Crippen molar-refractivity contribution < 1.29 is 0 Å². The lowest BCUT2D eigenvalue weighted by Gasteiger charge is -2.15. The van der Waals surface area contributed by atoms with Crippen molar-refractivity contribution in [1.29, 1.82) is 0 Å². The van der Waals surface area contributed by atoms with Crippen molar-refractivity contribution in [3.05, 3.63) is 77.4 Å². The summed E-state index contributed by atoms with van der Waals surface area (Å²) < 4.78 is 1.99. The average molecular weight is 490 g/mol. The molecule has 0 saturated heterocycles. The zero-order valence-electron chi connectivity index (χ0n) is 16.5. The molecule has 0 unspecified atom stereocenters. The first-order valence-electron chi connectivity index (χ1n) is 9.12. The largest absolute Gasteiger partial charge is 0.356 e. The van der Waals surface area contributed by atoms with Crippen molar-refractivity contribution >= 4 is 29.9 Å². The number of benzene rings is 1. The molecule has 28 heavy (non-hydrogen) atoms. The van der Waals surface area contributed by atoms with Gasteiger partial charge in [-0.05, 0) is 49.6 Å². The van der Waals surface area contributed by atoms with E-state index < -0.39 is 0 Å². The molecular weight excluding hydrogens is 463 g/mol. The first kappa shape index (κ1) is 21.9. The summed E-state index contributed by atoms with van der Waals surface area (Å²) >= 11 is 0. The van der Waals surface area contributed by atoms with Crippen molar-refractivity contribution in [2.45, 2.75) is 26.8 Å². The van der Waals surface area contributed by atoms with Crippen molar-refractivity contribution in [3.63, 3.8) is 0 Å². The number of pyridine rings is 1. The maximum absolute atomic E-state index is 4.61. The summed E-state index contributed by atoms with van der Waals surface area (Å²) in [7, 11) is 1.78. The number of aliphatic imine (C=N–C) groups is 1. The van der Waals surface area contributed by atoms with Gasteiger partial charge in [0.05, 0.1) is 11.4 Å². The first-order valence-corrected chi connectivity index (χ1v) is 9.12. The second-order valence-electron chi connectivity index (χ2n) is 6.43. The molecule has 0 fully saturated rings. The van der Waals surface area contributed by atoms with Crippen LogP contribution in [0.2, 0.25) is 0 Å². The number of hydrogen-bond acceptors (Lipinski definition) is 3. The lowest BCUT2D eigenvalue weighted by atomic mass is 10.1. The van der Waals surface area contributed by atoms with Gasteiger partial charge in [0.15, 0.2) is 5.96 Å². The Labute approximate surface area is 183 Å². The minimum Gasteiger partial charge on any atom is -0.356 e. The van der Waals surface area contributed by atoms with Crippen LogP contribution in [0.5, 0.6) is 0 Å². The van der Waals surface area contributed by atoms with Crippen molar-refractivity contribution in [3.8, 4) is 5.69 Å². The van der Waals surface area contributed by atoms with Gasteiger partial charge in [-0.1, -0.05) is 24.3 Å². The highest BCUT2D eigenvalue weighted by molar-refractivity contribution is 14.0. The molecule has 2 aromatic heterocycles. The van der Waals surface area contributed by atoms with Crippen LogP contribution < -0.4 is 10.6 Å². The van der Waals surface area contributed by atoms with Gasteiger partial charge in [0.2, 0.25) is 0 Å². The lowest BCUT2D eigenvalue weighted by Crippen LogP contribution is -2.38. The first-order chi connectivity index (χ1) is 13.2. The average Bonchev–Trinajstić information content (AvgIpc) is 3.03. The standard InChI is InChI=1S/C21H26N6.HI/c1-16-13-17(2)27(26-16)20-9-5-4-8-19(20)15-25-21(22-3)24-12-10-18-7-6-11-23-14-18;/h4-9,11,13-14H,10,12,15H2,1-3H3,(H2,22,24,25);1H. The highest BCUT2D eigenvalue weighted by atomic mass is 127. The SMILES string of the molecule is CN=C(NCCc1cccnc1)NCc1ccccc1-n1nc(C)cc1C.I. The zero-order valence-corrected chi connectivity index (χ0v) is 18.8. The van der Waals surface area contributed by atoms with Crippen molar-refractivity contribution in [2.24, 2.45) is 4.99 Å². The Hall–Kier alpha value is -2.42. The Kier molecular flexibility index (Phi) is 8.43. The molecule has 7 heteroatoms. The molecule has 6 nitrogen and oxygen atoms in total. The topological polar surface area (TPSA) is 67.1 Å². The summed E-state index contributed by atoms with van der Waals surface area (Å²) in [5.41, 5.74) is 5.60. The molecular formula is C21H27IN6. The maximum atomic E-state index is 4.61. The molecule has 0 aliphatic rings. The summed E-state index contributed by atoms with van der Waals surface area (Å²) in [6, 6.07) is 14.4. The van der Waals surface area contributed by atoms with Gasteiger partial charge in [0, 0.05) is 38.2 Å². The van der Waals surface area contributed by atoms with Gasteiger partial charge in [-0.15, -0.1) is 24.0 Å². The number of nitrogens with one attached hydrogen (secondary N) is 2. The summed E-state index contributed by atoms with van der Waals surface area (Å²) in [4.78, 5) is 8.46. The number of hydrogen-bond donors (Lipinski definition) is 2. The second kappa shape index (κ2) is 10.8. The van der Waals surface area contributed by atoms with E-state index in [0.29, 0.717) is 6.54 Å². The Bertz CT molecular complexity index is 904. The Morgan fingerprint density at radius 3 is 2.61 bits per heavy atom. The molecule has 3 rings (SSSR count). The molecule has 0 amide bonds. The van der Waals surface area contributed by atoms with Crippen LogP contribution in [-0.4, -0.2) is 34.3 Å². The third-order valence-electron chi connectivity index (χ3n) is 4.33. The third-order valence-corrected chi connectivity index (χ3v) is 4.33. The molecule has 148 valence electrons. The fourth-order valence-electron chi connectivity index (χ4n) is 3.01. The van der Waals surface area contributed by atoms with Crippen LogP contribution in [0.1, 0.15) is 22.5 Å². The van der Waals surface area contributed by atoms with E-state index in [1.54, 1.807) is 13.2 Å². The molecule has 0 radical (unpaired) electrons. The number of halogens is 1. The van der Waals surface area contributed by atoms with Crippen LogP contribution in [0.4, 0.5) is 0 Å². The Balaban J connectivity index is 0.00000280. The van der Waals surface area contributed by atoms with E-state index in [0.717, 1.165) is 36.0 Å². The highest BCUT2D eigenvalue weighted by Crippen LogP contribution is 2.16. The van der Waals surface area contributed by atoms with Gasteiger partial charge in [-0.2, -0.15) is 5.10 Å². The smallest absolute Gasteiger partial charge is 0.191 e. The number of nitrogens with zero attached hydrogens (tertiary/aromatic N) is 4. The lowest BCUT2D eigenvalue weighted by molar-refractivity contribution is 0.774. The second-order valence-corrected chi connectivity index (χ2v) is 6.43. The van der Waals surface area contributed by atoms with Crippen molar-refractivity contribution in [1.82, 2.24) is 25.4 Å². The summed E-state index contributed by atoms with van der Waals surface area (Å²) in [6.45, 7) is 5.55. The predicted octanol–water partition coefficient (Wildman–Crippen LogP) is 3.41. The number of aromatic nitrogens is 3. The van der Waals surface area contributed by atoms with Gasteiger partial charge in [0.1, 0.15) is 0 Å². The number of guanidine groups is 1. The fourth-order valence-corrected chi connectivity index (χ4v) is 3.01. The summed E-state index contributed by atoms with van der Waals surface area (Å²) in [6.07, 6.45) is 4.58. The van der Waals surface area contributed by atoms with Gasteiger partial charge in [-0.3, -0.25) is 9.98 Å². The minimum absolute atomic E-state index is 0. The van der Waals surface area contributed by atoms with Gasteiger partial charge < -0.3 is 10.6 Å². The fraction of sp³-hybridized carbons (Fsp3) is 0.286. The normalized spacial score (nSPS) is 11.0. The van der Waals surface area contributed by atoms with Gasteiger partial charge in [-0.25, -0.2) is 4.68 Å². The maximum Gasteiger partial charge on any atom is 0.191 e. The Morgan fingerprint density at radius 1 is 1.11 bits per heavy atom. The van der Waals surface area contributed by atoms with Crippen LogP contribution in [0.25, 0.3) is 5.69 Å². The van der Waals surface area contributed by atoms with Crippen LogP contribution in [-0.2, 0) is 13.0 Å². The monoisotopic (exact) mass is 490 g/mol. The summed E-state index contributed by atoms with van der Waals surface area (Å²) in [5, 5.41) is 11.4. The quantitative estimate of drug-likeness (QED) is 0.316. The van der Waals surface area contributed by atoms with Crippen LogP contribution in [0.3, 0.4) is 0 Å². The molecule has 0 saturated carbocycles. The predicted molar refractivity (Wildman–Crippen MR) is 125 cm³/mol. The third kappa shape index (κ3) is 5.79. The van der Waals surface area contributed by atoms with Crippen LogP contribution in [0.15, 0.2) is 59.9 Å². The molecule has 0 spiro atoms. The minimum atomic E-state index is 0. The van der Waals surface area contributed by atoms with E-state index in [4.69, 9.17) is 0 Å². The summed E-state index contributed by atoms with van der Waals surface area (Å²) in [5.74, 6) is 0.780. The molecule has 0 bridgehead atoms. The van der Waals surface area contributed by atoms with E-state index in [1.807, 2.05) is 36.0 Å². The van der Waals surface area contributed by atoms with E-state index in [-0.39, 0.29) is 24.0 Å². The van der Waals surface area contributed by atoms with E-state index in [2.05, 4.69) is 56.9 Å². The van der Waals surface area contributed by atoms with Crippen LogP contribution in [0, 0.1) is 13.8 Å². The molecule has 3 aromatic rings. The van der Waals surface area contributed by atoms with Gasteiger partial charge in [0.25, 0.3) is 0 Å². The van der Waals surface area contributed by atoms with Gasteiger partial charge >= 0.3 is 0 Å². The number of para-hydroxylation sites is 1. The molecule has 0 aliphatic heterocycles. The highest BCUT2D eigenvalue weighted by Gasteiger charge is 2.09. The van der Waals surface area contributed by atoms with E-state index >= 15 is 0 Å². The molecule has 0 aliphatic carbocycles. The zero-order chi connectivity index (χ0) is 19.1. The molecule has 1 aromatic carbocycles. The molecule has 0 atom stereocenters. The van der Waals surface area contributed by atoms with Crippen LogP contribution >= 0.6 is 24.0 Å². The van der Waals surface area contributed by atoms with E-state index in [9.17, 15) is 0 Å². The Morgan fingerprint density at radius 2 is 1.93 bits per heavy atom.